The molecule has 2 aromatic rings. The van der Waals surface area contributed by atoms with Crippen LogP contribution < -0.4 is 15.1 Å². The third-order valence-electron chi connectivity index (χ3n) is 7.52. The highest BCUT2D eigenvalue weighted by molar-refractivity contribution is 5.82. The Kier molecular flexibility index (Phi) is 6.16. The van der Waals surface area contributed by atoms with Gasteiger partial charge in [0, 0.05) is 37.1 Å². The van der Waals surface area contributed by atoms with Gasteiger partial charge in [-0.15, -0.1) is 0 Å². The van der Waals surface area contributed by atoms with Crippen molar-refractivity contribution in [2.75, 3.05) is 29.4 Å². The van der Waals surface area contributed by atoms with Crippen molar-refractivity contribution in [1.29, 1.82) is 0 Å². The maximum Gasteiger partial charge on any atom is 0.416 e. The molecule has 2 heterocycles. The first-order valence-corrected chi connectivity index (χ1v) is 12.1. The van der Waals surface area contributed by atoms with Gasteiger partial charge in [0.05, 0.1) is 17.5 Å². The van der Waals surface area contributed by atoms with Crippen molar-refractivity contribution in [2.24, 2.45) is 5.92 Å². The molecule has 34 heavy (non-hydrogen) atoms. The number of benzene rings is 2. The zero-order valence-electron chi connectivity index (χ0n) is 19.0. The van der Waals surface area contributed by atoms with Crippen LogP contribution in [0.4, 0.5) is 28.9 Å². The van der Waals surface area contributed by atoms with E-state index in [9.17, 15) is 22.4 Å². The number of anilines is 2. The molecule has 2 atom stereocenters. The van der Waals surface area contributed by atoms with Crippen molar-refractivity contribution >= 4 is 17.3 Å². The third kappa shape index (κ3) is 4.59. The van der Waals surface area contributed by atoms with E-state index >= 15 is 0 Å². The average molecular weight is 476 g/mol. The van der Waals surface area contributed by atoms with E-state index in [1.807, 2.05) is 0 Å². The van der Waals surface area contributed by atoms with Crippen molar-refractivity contribution in [2.45, 2.75) is 56.8 Å². The highest BCUT2D eigenvalue weighted by atomic mass is 19.4. The Balaban J connectivity index is 1.45. The summed E-state index contributed by atoms with van der Waals surface area (Å²) in [7, 11) is 0. The number of piperazine rings is 1. The van der Waals surface area contributed by atoms with E-state index in [0.717, 1.165) is 43.1 Å². The number of carbonyl (C=O) groups excluding carboxylic acids is 1. The van der Waals surface area contributed by atoms with Gasteiger partial charge in [-0.1, -0.05) is 19.3 Å². The number of halogens is 4. The van der Waals surface area contributed by atoms with Crippen LogP contribution in [0.5, 0.6) is 0 Å². The Labute approximate surface area is 196 Å². The Bertz CT molecular complexity index is 1030. The van der Waals surface area contributed by atoms with E-state index in [2.05, 4.69) is 15.1 Å². The van der Waals surface area contributed by atoms with Gasteiger partial charge in [-0.3, -0.25) is 4.79 Å². The Morgan fingerprint density at radius 2 is 1.71 bits per heavy atom. The molecule has 2 aromatic carbocycles. The highest BCUT2D eigenvalue weighted by Crippen LogP contribution is 2.40. The van der Waals surface area contributed by atoms with Gasteiger partial charge in [0.2, 0.25) is 5.91 Å². The van der Waals surface area contributed by atoms with Crippen LogP contribution in [-0.4, -0.2) is 37.6 Å². The number of nitrogens with one attached hydrogen (secondary N) is 1. The SMILES string of the molecule is O=C(NC1CCCCC1)[C@@H]1Cc2cc(C(F)(F)F)ccc2N2CCN(c3ccc(F)cc3)C[C@@H]12. The first kappa shape index (κ1) is 23.0. The Hall–Kier alpha value is -2.77. The van der Waals surface area contributed by atoms with Crippen LogP contribution in [0.15, 0.2) is 42.5 Å². The highest BCUT2D eigenvalue weighted by Gasteiger charge is 2.43. The molecule has 0 radical (unpaired) electrons. The molecule has 4 nitrogen and oxygen atoms in total. The molecule has 0 unspecified atom stereocenters. The van der Waals surface area contributed by atoms with E-state index in [1.165, 1.54) is 24.6 Å². The summed E-state index contributed by atoms with van der Waals surface area (Å²) in [4.78, 5) is 17.7. The second-order valence-electron chi connectivity index (χ2n) is 9.68. The van der Waals surface area contributed by atoms with Crippen LogP contribution >= 0.6 is 0 Å². The van der Waals surface area contributed by atoms with E-state index in [4.69, 9.17) is 0 Å². The van der Waals surface area contributed by atoms with Crippen LogP contribution in [0.2, 0.25) is 0 Å². The topological polar surface area (TPSA) is 35.6 Å². The van der Waals surface area contributed by atoms with Crippen LogP contribution in [0, 0.1) is 11.7 Å². The minimum absolute atomic E-state index is 0.0779. The predicted molar refractivity (Wildman–Crippen MR) is 123 cm³/mol. The van der Waals surface area contributed by atoms with Gasteiger partial charge in [0.25, 0.3) is 0 Å². The molecule has 1 aliphatic carbocycles. The molecule has 182 valence electrons. The molecule has 1 saturated carbocycles. The zero-order chi connectivity index (χ0) is 23.9. The molecule has 1 N–H and O–H groups in total. The van der Waals surface area contributed by atoms with Crippen molar-refractivity contribution in [1.82, 2.24) is 5.32 Å². The van der Waals surface area contributed by atoms with Gasteiger partial charge >= 0.3 is 6.18 Å². The molecule has 0 aromatic heterocycles. The number of rotatable bonds is 3. The maximum absolute atomic E-state index is 13.5. The summed E-state index contributed by atoms with van der Waals surface area (Å²) in [6.45, 7) is 1.77. The lowest BCUT2D eigenvalue weighted by Gasteiger charge is -2.50. The lowest BCUT2D eigenvalue weighted by molar-refractivity contribution is -0.137. The molecular formula is C26H29F4N3O. The number of hydrogen-bond donors (Lipinski definition) is 1. The summed E-state index contributed by atoms with van der Waals surface area (Å²) < 4.78 is 53.6. The smallest absolute Gasteiger partial charge is 0.368 e. The fraction of sp³-hybridized carbons (Fsp3) is 0.500. The Morgan fingerprint density at radius 1 is 0.971 bits per heavy atom. The van der Waals surface area contributed by atoms with Crippen molar-refractivity contribution in [3.8, 4) is 0 Å². The summed E-state index contributed by atoms with van der Waals surface area (Å²) in [5.74, 6) is -0.841. The molecule has 5 rings (SSSR count). The second-order valence-corrected chi connectivity index (χ2v) is 9.68. The molecular weight excluding hydrogens is 446 g/mol. The molecule has 8 heteroatoms. The monoisotopic (exact) mass is 475 g/mol. The number of alkyl halides is 3. The van der Waals surface area contributed by atoms with Gasteiger partial charge in [0.1, 0.15) is 5.82 Å². The predicted octanol–water partition coefficient (Wildman–Crippen LogP) is 5.16. The van der Waals surface area contributed by atoms with Gasteiger partial charge in [-0.25, -0.2) is 4.39 Å². The quantitative estimate of drug-likeness (QED) is 0.623. The molecule has 1 saturated heterocycles. The standard InChI is InChI=1S/C26H29F4N3O/c27-19-7-9-21(10-8-19)32-12-13-33-23-11-6-18(26(28,29)30)14-17(23)15-22(24(33)16-32)25(34)31-20-4-2-1-3-5-20/h6-11,14,20,22,24H,1-5,12-13,15-16H2,(H,31,34)/t22-,24+/m1/s1. The molecule has 3 aliphatic rings. The van der Waals surface area contributed by atoms with E-state index in [0.29, 0.717) is 25.2 Å². The van der Waals surface area contributed by atoms with Crippen molar-refractivity contribution in [3.63, 3.8) is 0 Å². The molecule has 1 amide bonds. The first-order chi connectivity index (χ1) is 16.3. The van der Waals surface area contributed by atoms with Crippen molar-refractivity contribution in [3.05, 3.63) is 59.4 Å². The minimum atomic E-state index is -4.42. The van der Waals surface area contributed by atoms with Crippen LogP contribution in [-0.2, 0) is 17.4 Å². The molecule has 0 bridgehead atoms. The fourth-order valence-electron chi connectivity index (χ4n) is 5.74. The van der Waals surface area contributed by atoms with Crippen LogP contribution in [0.3, 0.4) is 0 Å². The van der Waals surface area contributed by atoms with Gasteiger partial charge in [-0.05, 0) is 67.3 Å². The minimum Gasteiger partial charge on any atom is -0.368 e. The average Bonchev–Trinajstić information content (AvgIpc) is 2.83. The van der Waals surface area contributed by atoms with Crippen molar-refractivity contribution < 1.29 is 22.4 Å². The number of nitrogens with zero attached hydrogens (tertiary/aromatic N) is 2. The second kappa shape index (κ2) is 9.12. The third-order valence-corrected chi connectivity index (χ3v) is 7.52. The number of fused-ring (bicyclic) bond motifs is 3. The number of carbonyl (C=O) groups is 1. The van der Waals surface area contributed by atoms with E-state index in [-0.39, 0.29) is 30.2 Å². The molecule has 2 aliphatic heterocycles. The van der Waals surface area contributed by atoms with E-state index in [1.54, 1.807) is 18.2 Å². The summed E-state index contributed by atoms with van der Waals surface area (Å²) in [6, 6.07) is 10.1. The number of amides is 1. The van der Waals surface area contributed by atoms with Crippen LogP contribution in [0.25, 0.3) is 0 Å². The molecule has 2 fully saturated rings. The number of hydrogen-bond acceptors (Lipinski definition) is 3. The van der Waals surface area contributed by atoms with Gasteiger partial charge < -0.3 is 15.1 Å². The Morgan fingerprint density at radius 3 is 2.41 bits per heavy atom. The summed E-state index contributed by atoms with van der Waals surface area (Å²) in [5.41, 5.74) is 1.55. The van der Waals surface area contributed by atoms with Gasteiger partial charge in [0.15, 0.2) is 0 Å². The summed E-state index contributed by atoms with van der Waals surface area (Å²) in [5, 5.41) is 3.20. The fourth-order valence-corrected chi connectivity index (χ4v) is 5.74. The lowest BCUT2D eigenvalue weighted by atomic mass is 9.82. The summed E-state index contributed by atoms with van der Waals surface area (Å²) >= 11 is 0. The first-order valence-electron chi connectivity index (χ1n) is 12.1. The normalized spacial score (nSPS) is 23.3. The lowest BCUT2D eigenvalue weighted by Crippen LogP contribution is -2.61. The van der Waals surface area contributed by atoms with E-state index < -0.39 is 17.7 Å². The zero-order valence-corrected chi connectivity index (χ0v) is 19.0. The largest absolute Gasteiger partial charge is 0.416 e. The van der Waals surface area contributed by atoms with Crippen LogP contribution in [0.1, 0.15) is 43.2 Å². The van der Waals surface area contributed by atoms with Gasteiger partial charge in [-0.2, -0.15) is 13.2 Å². The summed E-state index contributed by atoms with van der Waals surface area (Å²) in [6.07, 6.45) is 1.09. The maximum atomic E-state index is 13.5. The molecule has 0 spiro atoms.